The van der Waals surface area contributed by atoms with Gasteiger partial charge in [-0.3, -0.25) is 14.5 Å². The van der Waals surface area contributed by atoms with E-state index in [9.17, 15) is 18.8 Å². The molecule has 1 aromatic carbocycles. The zero-order chi connectivity index (χ0) is 18.9. The van der Waals surface area contributed by atoms with Gasteiger partial charge in [-0.25, -0.2) is 9.18 Å². The molecule has 0 saturated carbocycles. The van der Waals surface area contributed by atoms with Crippen molar-refractivity contribution in [3.63, 3.8) is 0 Å². The zero-order valence-corrected chi connectivity index (χ0v) is 15.6. The van der Waals surface area contributed by atoms with E-state index < -0.39 is 17.5 Å². The third-order valence-electron chi connectivity index (χ3n) is 5.12. The van der Waals surface area contributed by atoms with E-state index in [-0.39, 0.29) is 24.3 Å². The molecule has 0 aromatic heterocycles. The molecule has 2 aliphatic rings. The molecule has 8 heteroatoms. The highest BCUT2D eigenvalue weighted by molar-refractivity contribution is 7.99. The summed E-state index contributed by atoms with van der Waals surface area (Å²) in [5.41, 5.74) is -0.183. The molecule has 1 unspecified atom stereocenters. The second-order valence-electron chi connectivity index (χ2n) is 6.53. The number of benzene rings is 1. The first-order valence-corrected chi connectivity index (χ1v) is 9.75. The topological polar surface area (TPSA) is 78.5 Å². The van der Waals surface area contributed by atoms with Crippen molar-refractivity contribution >= 4 is 29.6 Å². The van der Waals surface area contributed by atoms with Gasteiger partial charge in [0.1, 0.15) is 17.9 Å². The summed E-state index contributed by atoms with van der Waals surface area (Å²) in [6.07, 6.45) is 1.61. The van der Waals surface area contributed by atoms with E-state index in [4.69, 9.17) is 0 Å². The monoisotopic (exact) mass is 379 g/mol. The molecule has 2 aliphatic heterocycles. The molecule has 140 valence electrons. The van der Waals surface area contributed by atoms with Crippen LogP contribution in [-0.4, -0.2) is 40.6 Å². The standard InChI is InChI=1S/C18H22FN3O3S/c1-3-18(4-2)16(24)22(17(25)21-18)10-14(23)20-13-8-9-26-15-11(13)6-5-7-12(15)19/h5-7,13H,3-4,8-10H2,1-2H3,(H,20,23)(H,21,25). The molecule has 4 amide bonds. The fourth-order valence-electron chi connectivity index (χ4n) is 3.47. The Kier molecular flexibility index (Phi) is 5.22. The predicted molar refractivity (Wildman–Crippen MR) is 96.2 cm³/mol. The molecule has 26 heavy (non-hydrogen) atoms. The first-order chi connectivity index (χ1) is 12.4. The van der Waals surface area contributed by atoms with Gasteiger partial charge in [-0.2, -0.15) is 0 Å². The number of fused-ring (bicyclic) bond motifs is 1. The van der Waals surface area contributed by atoms with E-state index in [0.29, 0.717) is 29.9 Å². The van der Waals surface area contributed by atoms with Crippen LogP contribution in [0.1, 0.15) is 44.7 Å². The number of urea groups is 1. The van der Waals surface area contributed by atoms with Gasteiger partial charge in [0.25, 0.3) is 5.91 Å². The van der Waals surface area contributed by atoms with Crippen LogP contribution in [0, 0.1) is 5.82 Å². The minimum atomic E-state index is -0.922. The number of halogens is 1. The molecule has 1 fully saturated rings. The number of nitrogens with one attached hydrogen (secondary N) is 2. The van der Waals surface area contributed by atoms with Crippen molar-refractivity contribution in [2.45, 2.75) is 49.6 Å². The summed E-state index contributed by atoms with van der Waals surface area (Å²) in [6.45, 7) is 3.33. The number of carbonyl (C=O) groups is 3. The largest absolute Gasteiger partial charge is 0.348 e. The second-order valence-corrected chi connectivity index (χ2v) is 7.63. The lowest BCUT2D eigenvalue weighted by atomic mass is 9.93. The first kappa shape index (κ1) is 18.7. The number of hydrogen-bond acceptors (Lipinski definition) is 4. The Balaban J connectivity index is 1.70. The molecular weight excluding hydrogens is 357 g/mol. The molecule has 3 rings (SSSR count). The maximum atomic E-state index is 13.9. The molecular formula is C18H22FN3O3S. The number of amides is 4. The van der Waals surface area contributed by atoms with Gasteiger partial charge < -0.3 is 10.6 Å². The second kappa shape index (κ2) is 7.26. The lowest BCUT2D eigenvalue weighted by molar-refractivity contribution is -0.135. The van der Waals surface area contributed by atoms with Crippen LogP contribution < -0.4 is 10.6 Å². The predicted octanol–water partition coefficient (Wildman–Crippen LogP) is 2.59. The van der Waals surface area contributed by atoms with Crippen LogP contribution in [0.4, 0.5) is 9.18 Å². The summed E-state index contributed by atoms with van der Waals surface area (Å²) in [5.74, 6) is -0.398. The van der Waals surface area contributed by atoms with Gasteiger partial charge in [-0.05, 0) is 30.9 Å². The minimum Gasteiger partial charge on any atom is -0.348 e. The number of thioether (sulfide) groups is 1. The van der Waals surface area contributed by atoms with E-state index in [2.05, 4.69) is 10.6 Å². The van der Waals surface area contributed by atoms with E-state index >= 15 is 0 Å². The molecule has 0 spiro atoms. The average molecular weight is 379 g/mol. The fraction of sp³-hybridized carbons (Fsp3) is 0.500. The number of rotatable bonds is 5. The zero-order valence-electron chi connectivity index (χ0n) is 14.8. The Hall–Kier alpha value is -2.09. The van der Waals surface area contributed by atoms with E-state index in [1.807, 2.05) is 13.8 Å². The quantitative estimate of drug-likeness (QED) is 0.771. The van der Waals surface area contributed by atoms with Crippen LogP contribution in [0.25, 0.3) is 0 Å². The summed E-state index contributed by atoms with van der Waals surface area (Å²) in [6, 6.07) is 3.95. The smallest absolute Gasteiger partial charge is 0.325 e. The lowest BCUT2D eigenvalue weighted by Gasteiger charge is -2.27. The van der Waals surface area contributed by atoms with Crippen molar-refractivity contribution in [3.05, 3.63) is 29.6 Å². The summed E-state index contributed by atoms with van der Waals surface area (Å²) in [7, 11) is 0. The van der Waals surface area contributed by atoms with Gasteiger partial charge in [0.2, 0.25) is 5.91 Å². The van der Waals surface area contributed by atoms with Crippen molar-refractivity contribution in [2.75, 3.05) is 12.3 Å². The average Bonchev–Trinajstić information content (AvgIpc) is 2.87. The van der Waals surface area contributed by atoms with Crippen LogP contribution >= 0.6 is 11.8 Å². The van der Waals surface area contributed by atoms with Crippen LogP contribution in [-0.2, 0) is 9.59 Å². The Morgan fingerprint density at radius 1 is 1.38 bits per heavy atom. The Labute approximate surface area is 155 Å². The molecule has 6 nitrogen and oxygen atoms in total. The molecule has 0 radical (unpaired) electrons. The molecule has 2 heterocycles. The third-order valence-corrected chi connectivity index (χ3v) is 6.27. The number of imide groups is 1. The molecule has 1 atom stereocenters. The van der Waals surface area contributed by atoms with E-state index in [0.717, 1.165) is 10.5 Å². The summed E-state index contributed by atoms with van der Waals surface area (Å²) >= 11 is 1.43. The van der Waals surface area contributed by atoms with Gasteiger partial charge >= 0.3 is 6.03 Å². The lowest BCUT2D eigenvalue weighted by Crippen LogP contribution is -2.47. The molecule has 0 bridgehead atoms. The van der Waals surface area contributed by atoms with E-state index in [1.54, 1.807) is 12.1 Å². The number of carbonyl (C=O) groups excluding carboxylic acids is 3. The summed E-state index contributed by atoms with van der Waals surface area (Å²) in [5, 5.41) is 5.54. The van der Waals surface area contributed by atoms with Crippen LogP contribution in [0.15, 0.2) is 23.1 Å². The molecule has 2 N–H and O–H groups in total. The van der Waals surface area contributed by atoms with Crippen molar-refractivity contribution in [1.29, 1.82) is 0 Å². The number of nitrogens with zero attached hydrogens (tertiary/aromatic N) is 1. The van der Waals surface area contributed by atoms with Gasteiger partial charge in [-0.15, -0.1) is 11.8 Å². The maximum Gasteiger partial charge on any atom is 0.325 e. The highest BCUT2D eigenvalue weighted by Crippen LogP contribution is 2.37. The highest BCUT2D eigenvalue weighted by atomic mass is 32.2. The van der Waals surface area contributed by atoms with Crippen molar-refractivity contribution in [2.24, 2.45) is 0 Å². The Morgan fingerprint density at radius 3 is 2.77 bits per heavy atom. The van der Waals surface area contributed by atoms with Gasteiger partial charge in [0, 0.05) is 10.6 Å². The summed E-state index contributed by atoms with van der Waals surface area (Å²) < 4.78 is 13.9. The molecule has 1 saturated heterocycles. The van der Waals surface area contributed by atoms with Gasteiger partial charge in [0.05, 0.1) is 6.04 Å². The van der Waals surface area contributed by atoms with Crippen molar-refractivity contribution in [3.8, 4) is 0 Å². The van der Waals surface area contributed by atoms with Gasteiger partial charge in [-0.1, -0.05) is 26.0 Å². The SMILES string of the molecule is CCC1(CC)NC(=O)N(CC(=O)NC2CCSc3c(F)cccc32)C1=O. The van der Waals surface area contributed by atoms with Crippen LogP contribution in [0.5, 0.6) is 0 Å². The molecule has 1 aromatic rings. The van der Waals surface area contributed by atoms with Crippen LogP contribution in [0.2, 0.25) is 0 Å². The van der Waals surface area contributed by atoms with Crippen LogP contribution in [0.3, 0.4) is 0 Å². The molecule has 0 aliphatic carbocycles. The maximum absolute atomic E-state index is 13.9. The van der Waals surface area contributed by atoms with Gasteiger partial charge in [0.15, 0.2) is 0 Å². The number of hydrogen-bond donors (Lipinski definition) is 2. The van der Waals surface area contributed by atoms with Crippen molar-refractivity contribution in [1.82, 2.24) is 15.5 Å². The Bertz CT molecular complexity index is 751. The third kappa shape index (κ3) is 3.18. The normalized spacial score (nSPS) is 21.3. The Morgan fingerprint density at radius 2 is 2.12 bits per heavy atom. The highest BCUT2D eigenvalue weighted by Gasteiger charge is 2.49. The summed E-state index contributed by atoms with van der Waals surface area (Å²) in [4.78, 5) is 38.7. The first-order valence-electron chi connectivity index (χ1n) is 8.76. The van der Waals surface area contributed by atoms with E-state index in [1.165, 1.54) is 17.8 Å². The minimum absolute atomic E-state index is 0.295. The fourth-order valence-corrected chi connectivity index (χ4v) is 4.61. The van der Waals surface area contributed by atoms with Crippen molar-refractivity contribution < 1.29 is 18.8 Å².